The summed E-state index contributed by atoms with van der Waals surface area (Å²) in [5, 5.41) is 3.17. The Hall–Kier alpha value is -1.76. The molecular formula is C13H15F3N4. The van der Waals surface area contributed by atoms with E-state index >= 15 is 0 Å². The highest BCUT2D eigenvalue weighted by Gasteiger charge is 2.34. The lowest BCUT2D eigenvalue weighted by Crippen LogP contribution is -2.34. The summed E-state index contributed by atoms with van der Waals surface area (Å²) < 4.78 is 37.0. The molecule has 3 rings (SSSR count). The molecule has 108 valence electrons. The van der Waals surface area contributed by atoms with Crippen molar-refractivity contribution in [2.75, 3.05) is 25.0 Å². The number of benzene rings is 1. The number of halogens is 3. The highest BCUT2D eigenvalue weighted by molar-refractivity contribution is 5.77. The van der Waals surface area contributed by atoms with Gasteiger partial charge in [-0.15, -0.1) is 0 Å². The van der Waals surface area contributed by atoms with Crippen LogP contribution in [0.3, 0.4) is 0 Å². The molecule has 1 aliphatic rings. The Morgan fingerprint density at radius 3 is 2.90 bits per heavy atom. The monoisotopic (exact) mass is 284 g/mol. The second-order valence-electron chi connectivity index (χ2n) is 5.08. The second-order valence-corrected chi connectivity index (χ2v) is 5.08. The standard InChI is InChI=1S/C13H15F3N4/c14-13(15,16)8-20-6-5-9(7-20)17-12-18-10-3-1-2-4-11(10)19-12/h1-4,9H,5-8H2,(H2,17,18,19). The normalized spacial score (nSPS) is 20.6. The van der Waals surface area contributed by atoms with Crippen molar-refractivity contribution in [2.24, 2.45) is 0 Å². The van der Waals surface area contributed by atoms with E-state index in [-0.39, 0.29) is 6.04 Å². The third kappa shape index (κ3) is 3.04. The predicted molar refractivity (Wildman–Crippen MR) is 70.6 cm³/mol. The van der Waals surface area contributed by atoms with Crippen LogP contribution in [0.1, 0.15) is 6.42 Å². The molecule has 0 saturated carbocycles. The molecule has 1 aromatic heterocycles. The number of imidazole rings is 1. The van der Waals surface area contributed by atoms with Gasteiger partial charge in [0.1, 0.15) is 0 Å². The van der Waals surface area contributed by atoms with Gasteiger partial charge in [-0.25, -0.2) is 4.98 Å². The van der Waals surface area contributed by atoms with Crippen LogP contribution >= 0.6 is 0 Å². The molecular weight excluding hydrogens is 269 g/mol. The first-order chi connectivity index (χ1) is 9.49. The fourth-order valence-electron chi connectivity index (χ4n) is 2.56. The summed E-state index contributed by atoms with van der Waals surface area (Å²) in [6, 6.07) is 7.61. The molecule has 0 bridgehead atoms. The summed E-state index contributed by atoms with van der Waals surface area (Å²) >= 11 is 0. The van der Waals surface area contributed by atoms with Crippen molar-refractivity contribution >= 4 is 17.0 Å². The van der Waals surface area contributed by atoms with Gasteiger partial charge in [-0.05, 0) is 18.6 Å². The first-order valence-electron chi connectivity index (χ1n) is 6.50. The van der Waals surface area contributed by atoms with E-state index in [0.717, 1.165) is 11.0 Å². The summed E-state index contributed by atoms with van der Waals surface area (Å²) in [4.78, 5) is 8.91. The van der Waals surface area contributed by atoms with Crippen LogP contribution in [0.25, 0.3) is 11.0 Å². The minimum absolute atomic E-state index is 0.00193. The Bertz CT molecular complexity index is 560. The van der Waals surface area contributed by atoms with E-state index in [2.05, 4.69) is 15.3 Å². The number of hydrogen-bond donors (Lipinski definition) is 2. The van der Waals surface area contributed by atoms with Crippen LogP contribution in [0, 0.1) is 0 Å². The minimum Gasteiger partial charge on any atom is -0.352 e. The van der Waals surface area contributed by atoms with Gasteiger partial charge in [-0.3, -0.25) is 4.90 Å². The Balaban J connectivity index is 1.61. The first-order valence-corrected chi connectivity index (χ1v) is 6.50. The molecule has 4 nitrogen and oxygen atoms in total. The Labute approximate surface area is 114 Å². The van der Waals surface area contributed by atoms with Crippen molar-refractivity contribution in [3.05, 3.63) is 24.3 Å². The molecule has 2 heterocycles. The van der Waals surface area contributed by atoms with Gasteiger partial charge in [0.05, 0.1) is 17.6 Å². The fraction of sp³-hybridized carbons (Fsp3) is 0.462. The molecule has 0 amide bonds. The molecule has 2 N–H and O–H groups in total. The summed E-state index contributed by atoms with van der Waals surface area (Å²) in [7, 11) is 0. The lowest BCUT2D eigenvalue weighted by molar-refractivity contribution is -0.143. The number of likely N-dealkylation sites (tertiary alicyclic amines) is 1. The number of para-hydroxylation sites is 2. The Kier molecular flexibility index (Phi) is 3.29. The van der Waals surface area contributed by atoms with E-state index in [1.807, 2.05) is 24.3 Å². The van der Waals surface area contributed by atoms with E-state index in [4.69, 9.17) is 0 Å². The maximum absolute atomic E-state index is 12.3. The van der Waals surface area contributed by atoms with E-state index < -0.39 is 12.7 Å². The number of hydrogen-bond acceptors (Lipinski definition) is 3. The van der Waals surface area contributed by atoms with Crippen molar-refractivity contribution < 1.29 is 13.2 Å². The van der Waals surface area contributed by atoms with Crippen LogP contribution in [-0.4, -0.2) is 46.7 Å². The van der Waals surface area contributed by atoms with Crippen LogP contribution in [0.15, 0.2) is 24.3 Å². The SMILES string of the molecule is FC(F)(F)CN1CCC(Nc2nc3ccccc3[nH]2)C1. The fourth-order valence-corrected chi connectivity index (χ4v) is 2.56. The molecule has 0 spiro atoms. The summed E-state index contributed by atoms with van der Waals surface area (Å²) in [5.41, 5.74) is 1.76. The summed E-state index contributed by atoms with van der Waals surface area (Å²) in [6.45, 7) is -0.000724. The van der Waals surface area contributed by atoms with Gasteiger partial charge in [-0.1, -0.05) is 12.1 Å². The van der Waals surface area contributed by atoms with Crippen molar-refractivity contribution in [2.45, 2.75) is 18.6 Å². The van der Waals surface area contributed by atoms with Gasteiger partial charge in [0.2, 0.25) is 5.95 Å². The largest absolute Gasteiger partial charge is 0.401 e. The zero-order valence-corrected chi connectivity index (χ0v) is 10.7. The molecule has 20 heavy (non-hydrogen) atoms. The number of nitrogens with one attached hydrogen (secondary N) is 2. The summed E-state index contributed by atoms with van der Waals surface area (Å²) in [6.07, 6.45) is -3.44. The van der Waals surface area contributed by atoms with Gasteiger partial charge in [0.25, 0.3) is 0 Å². The molecule has 2 aromatic rings. The molecule has 1 saturated heterocycles. The van der Waals surface area contributed by atoms with E-state index in [1.54, 1.807) is 0 Å². The van der Waals surface area contributed by atoms with Crippen LogP contribution in [-0.2, 0) is 0 Å². The van der Waals surface area contributed by atoms with Crippen LogP contribution in [0.2, 0.25) is 0 Å². The van der Waals surface area contributed by atoms with Crippen molar-refractivity contribution in [1.29, 1.82) is 0 Å². The number of alkyl halides is 3. The van der Waals surface area contributed by atoms with Crippen molar-refractivity contribution in [3.8, 4) is 0 Å². The number of aromatic amines is 1. The van der Waals surface area contributed by atoms with Crippen molar-refractivity contribution in [3.63, 3.8) is 0 Å². The second kappa shape index (κ2) is 4.97. The number of H-pyrrole nitrogens is 1. The van der Waals surface area contributed by atoms with Gasteiger partial charge < -0.3 is 10.3 Å². The van der Waals surface area contributed by atoms with Gasteiger partial charge in [-0.2, -0.15) is 13.2 Å². The van der Waals surface area contributed by atoms with Gasteiger partial charge in [0.15, 0.2) is 0 Å². The maximum atomic E-state index is 12.3. The van der Waals surface area contributed by atoms with E-state index in [1.165, 1.54) is 4.90 Å². The Morgan fingerprint density at radius 1 is 1.35 bits per heavy atom. The zero-order chi connectivity index (χ0) is 14.2. The molecule has 0 radical (unpaired) electrons. The molecule has 1 aromatic carbocycles. The highest BCUT2D eigenvalue weighted by Crippen LogP contribution is 2.22. The number of rotatable bonds is 3. The molecule has 1 aliphatic heterocycles. The average molecular weight is 284 g/mol. The third-order valence-electron chi connectivity index (χ3n) is 3.41. The zero-order valence-electron chi connectivity index (χ0n) is 10.7. The molecule has 1 atom stereocenters. The van der Waals surface area contributed by atoms with Crippen LogP contribution in [0.5, 0.6) is 0 Å². The molecule has 7 heteroatoms. The number of anilines is 1. The molecule has 1 unspecified atom stereocenters. The molecule has 1 fully saturated rings. The third-order valence-corrected chi connectivity index (χ3v) is 3.41. The molecule has 0 aliphatic carbocycles. The first kappa shape index (κ1) is 13.2. The number of aromatic nitrogens is 2. The Morgan fingerprint density at radius 2 is 2.15 bits per heavy atom. The lowest BCUT2D eigenvalue weighted by Gasteiger charge is -2.17. The highest BCUT2D eigenvalue weighted by atomic mass is 19.4. The smallest absolute Gasteiger partial charge is 0.352 e. The number of fused-ring (bicyclic) bond motifs is 1. The average Bonchev–Trinajstić information content (AvgIpc) is 2.93. The maximum Gasteiger partial charge on any atom is 0.401 e. The van der Waals surface area contributed by atoms with E-state index in [0.29, 0.717) is 25.5 Å². The van der Waals surface area contributed by atoms with Crippen molar-refractivity contribution in [1.82, 2.24) is 14.9 Å². The van der Waals surface area contributed by atoms with Crippen LogP contribution < -0.4 is 5.32 Å². The minimum atomic E-state index is -4.13. The lowest BCUT2D eigenvalue weighted by atomic mass is 10.3. The predicted octanol–water partition coefficient (Wildman–Crippen LogP) is 2.61. The summed E-state index contributed by atoms with van der Waals surface area (Å²) in [5.74, 6) is 0.616. The van der Waals surface area contributed by atoms with E-state index in [9.17, 15) is 13.2 Å². The number of nitrogens with zero attached hydrogens (tertiary/aromatic N) is 2. The topological polar surface area (TPSA) is 44.0 Å². The van der Waals surface area contributed by atoms with Crippen LogP contribution in [0.4, 0.5) is 19.1 Å². The van der Waals surface area contributed by atoms with Gasteiger partial charge in [0, 0.05) is 19.1 Å². The quantitative estimate of drug-likeness (QED) is 0.910. The van der Waals surface area contributed by atoms with Gasteiger partial charge >= 0.3 is 6.18 Å².